The first kappa shape index (κ1) is 28.9. The number of thiazole rings is 1. The summed E-state index contributed by atoms with van der Waals surface area (Å²) in [5, 5.41) is 7.93. The number of carbonyl (C=O) groups is 3. The summed E-state index contributed by atoms with van der Waals surface area (Å²) >= 11 is 1.41. The third-order valence-electron chi connectivity index (χ3n) is 8.18. The molecule has 43 heavy (non-hydrogen) atoms. The van der Waals surface area contributed by atoms with Crippen molar-refractivity contribution in [1.29, 1.82) is 0 Å². The zero-order valence-electron chi connectivity index (χ0n) is 24.5. The summed E-state index contributed by atoms with van der Waals surface area (Å²) < 4.78 is 6.47. The monoisotopic (exact) mass is 603 g/mol. The highest BCUT2D eigenvalue weighted by molar-refractivity contribution is 7.22. The number of piperazine rings is 1. The van der Waals surface area contributed by atoms with Gasteiger partial charge < -0.3 is 25.3 Å². The first-order valence-electron chi connectivity index (χ1n) is 14.9. The molecule has 2 atom stereocenters. The Morgan fingerprint density at radius 3 is 2.86 bits per heavy atom. The number of hydrogen-bond donors (Lipinski definition) is 2. The van der Waals surface area contributed by atoms with E-state index in [0.717, 1.165) is 51.6 Å². The zero-order chi connectivity index (χ0) is 30.1. The molecule has 0 spiro atoms. The number of nitrogens with two attached hydrogens (primary N) is 1. The molecular weight excluding hydrogens is 566 g/mol. The van der Waals surface area contributed by atoms with Crippen LogP contribution in [0.25, 0.3) is 21.2 Å². The Morgan fingerprint density at radius 2 is 2.05 bits per heavy atom. The molecule has 2 aliphatic heterocycles. The minimum atomic E-state index is -0.730. The number of anilines is 1. The van der Waals surface area contributed by atoms with Crippen molar-refractivity contribution >= 4 is 55.5 Å². The van der Waals surface area contributed by atoms with Gasteiger partial charge in [0.2, 0.25) is 11.8 Å². The molecule has 3 N–H and O–H groups in total. The van der Waals surface area contributed by atoms with Crippen molar-refractivity contribution < 1.29 is 18.8 Å². The van der Waals surface area contributed by atoms with Crippen LogP contribution in [0.3, 0.4) is 0 Å². The second-order valence-corrected chi connectivity index (χ2v) is 12.2. The number of nitrogens with one attached hydrogen (secondary N) is 1. The number of nitrogen functional groups attached to an aromatic ring is 1. The Balaban J connectivity index is 1.35. The molecule has 0 saturated carbocycles. The van der Waals surface area contributed by atoms with Gasteiger partial charge in [-0.05, 0) is 48.2 Å². The molecule has 2 fully saturated rings. The van der Waals surface area contributed by atoms with Gasteiger partial charge in [-0.3, -0.25) is 14.6 Å². The Morgan fingerprint density at radius 1 is 1.19 bits per heavy atom. The number of amides is 4. The van der Waals surface area contributed by atoms with E-state index in [0.29, 0.717) is 31.2 Å². The number of hydrazine groups is 1. The summed E-state index contributed by atoms with van der Waals surface area (Å²) in [6.07, 6.45) is 4.06. The van der Waals surface area contributed by atoms with E-state index < -0.39 is 12.2 Å². The van der Waals surface area contributed by atoms with Gasteiger partial charge >= 0.3 is 6.03 Å². The van der Waals surface area contributed by atoms with Gasteiger partial charge in [0.05, 0.1) is 29.6 Å². The van der Waals surface area contributed by atoms with Gasteiger partial charge in [-0.15, -0.1) is 0 Å². The number of carbonyl (C=O) groups excluding carboxylic acids is 3. The third-order valence-corrected chi connectivity index (χ3v) is 9.03. The molecule has 0 radical (unpaired) electrons. The average molecular weight is 604 g/mol. The number of hydrogen-bond acceptors (Lipinski definition) is 8. The number of para-hydroxylation sites is 1. The van der Waals surface area contributed by atoms with E-state index in [-0.39, 0.29) is 30.9 Å². The van der Waals surface area contributed by atoms with E-state index in [1.54, 1.807) is 21.1 Å². The van der Waals surface area contributed by atoms with Crippen molar-refractivity contribution in [3.63, 3.8) is 0 Å². The quantitative estimate of drug-likeness (QED) is 0.260. The number of unbranched alkanes of at least 4 members (excludes halogenated alkanes) is 1. The van der Waals surface area contributed by atoms with Crippen LogP contribution in [-0.2, 0) is 22.6 Å². The summed E-state index contributed by atoms with van der Waals surface area (Å²) in [7, 11) is 0. The van der Waals surface area contributed by atoms with Gasteiger partial charge in [0.1, 0.15) is 17.8 Å². The van der Waals surface area contributed by atoms with E-state index in [9.17, 15) is 14.4 Å². The number of furan rings is 1. The Labute approximate surface area is 254 Å². The molecule has 4 heterocycles. The topological polar surface area (TPSA) is 128 Å². The molecule has 2 aliphatic rings. The largest absolute Gasteiger partial charge is 0.464 e. The lowest BCUT2D eigenvalue weighted by Gasteiger charge is -2.46. The SMILES string of the molecule is CCCCNC(=O)N(CCC)N1CC(=O)N2[C@@H](Cc3ccc4occc4c3)C(=O)N(Cc3cccc4sc(N)nc34)C[C@@H]21. The van der Waals surface area contributed by atoms with Crippen molar-refractivity contribution in [2.45, 2.75) is 58.3 Å². The average Bonchev–Trinajstić information content (AvgIpc) is 3.70. The number of nitrogens with zero attached hydrogens (tertiary/aromatic N) is 5. The molecule has 4 amide bonds. The number of fused-ring (bicyclic) bond motifs is 3. The smallest absolute Gasteiger partial charge is 0.332 e. The standard InChI is InChI=1S/C31H37N7O4S/c1-3-5-12-33-31(41)36(13-4-2)37-19-27(39)38-23(16-20-9-10-24-21(15-20)11-14-42-24)29(40)35(18-26(37)38)17-22-7-6-8-25-28(22)34-30(32)43-25/h6-11,14-15,23,26H,3-5,12-13,16-19H2,1-2H3,(H2,32,34)(H,33,41)/t23-,26+/m0/s1. The van der Waals surface area contributed by atoms with Crippen molar-refractivity contribution in [1.82, 2.24) is 30.1 Å². The molecular formula is C31H37N7O4S. The molecule has 2 aromatic heterocycles. The first-order chi connectivity index (χ1) is 20.9. The van der Waals surface area contributed by atoms with Gasteiger partial charge in [0.15, 0.2) is 5.13 Å². The highest BCUT2D eigenvalue weighted by atomic mass is 32.1. The third kappa shape index (κ3) is 5.64. The van der Waals surface area contributed by atoms with Crippen LogP contribution in [0.1, 0.15) is 44.2 Å². The van der Waals surface area contributed by atoms with Gasteiger partial charge in [-0.2, -0.15) is 5.01 Å². The van der Waals surface area contributed by atoms with Gasteiger partial charge in [-0.1, -0.05) is 49.8 Å². The van der Waals surface area contributed by atoms with E-state index in [4.69, 9.17) is 10.2 Å². The van der Waals surface area contributed by atoms with E-state index in [2.05, 4.69) is 17.2 Å². The lowest BCUT2D eigenvalue weighted by molar-refractivity contribution is -0.157. The van der Waals surface area contributed by atoms with E-state index >= 15 is 0 Å². The number of rotatable bonds is 10. The molecule has 4 aromatic rings. The lowest BCUT2D eigenvalue weighted by Crippen LogP contribution is -2.66. The lowest BCUT2D eigenvalue weighted by atomic mass is 9.99. The molecule has 2 saturated heterocycles. The summed E-state index contributed by atoms with van der Waals surface area (Å²) in [5.74, 6) is -0.294. The second kappa shape index (κ2) is 12.2. The number of benzene rings is 2. The molecule has 12 heteroatoms. The molecule has 226 valence electrons. The van der Waals surface area contributed by atoms with Crippen LogP contribution in [0.4, 0.5) is 9.93 Å². The predicted molar refractivity (Wildman–Crippen MR) is 166 cm³/mol. The summed E-state index contributed by atoms with van der Waals surface area (Å²) in [6.45, 7) is 5.72. The van der Waals surface area contributed by atoms with Crippen LogP contribution in [0.15, 0.2) is 53.1 Å². The van der Waals surface area contributed by atoms with Crippen LogP contribution in [0.2, 0.25) is 0 Å². The minimum absolute atomic E-state index is 0.0302. The molecule has 0 unspecified atom stereocenters. The molecule has 0 aliphatic carbocycles. The molecule has 11 nitrogen and oxygen atoms in total. The van der Waals surface area contributed by atoms with Crippen molar-refractivity contribution in [3.8, 4) is 0 Å². The fourth-order valence-electron chi connectivity index (χ4n) is 6.13. The molecule has 2 aromatic carbocycles. The summed E-state index contributed by atoms with van der Waals surface area (Å²) in [6, 6.07) is 12.6. The Hall–Kier alpha value is -4.16. The van der Waals surface area contributed by atoms with Gasteiger partial charge in [0.25, 0.3) is 0 Å². The predicted octanol–water partition coefficient (Wildman–Crippen LogP) is 4.19. The van der Waals surface area contributed by atoms with Crippen LogP contribution in [-0.4, -0.2) is 81.0 Å². The minimum Gasteiger partial charge on any atom is -0.464 e. The number of aromatic nitrogens is 1. The normalized spacial score (nSPS) is 19.0. The van der Waals surface area contributed by atoms with Gasteiger partial charge in [0, 0.05) is 31.4 Å². The Bertz CT molecular complexity index is 1650. The van der Waals surface area contributed by atoms with Crippen LogP contribution in [0, 0.1) is 0 Å². The van der Waals surface area contributed by atoms with Crippen molar-refractivity contribution in [2.75, 3.05) is 31.9 Å². The highest BCUT2D eigenvalue weighted by Crippen LogP contribution is 2.33. The Kier molecular flexibility index (Phi) is 8.22. The fourth-order valence-corrected chi connectivity index (χ4v) is 6.92. The summed E-state index contributed by atoms with van der Waals surface area (Å²) in [4.78, 5) is 49.3. The van der Waals surface area contributed by atoms with Crippen molar-refractivity contribution in [2.24, 2.45) is 0 Å². The van der Waals surface area contributed by atoms with Crippen LogP contribution >= 0.6 is 11.3 Å². The highest BCUT2D eigenvalue weighted by Gasteiger charge is 2.52. The van der Waals surface area contributed by atoms with Gasteiger partial charge in [-0.25, -0.2) is 9.78 Å². The summed E-state index contributed by atoms with van der Waals surface area (Å²) in [5.41, 5.74) is 9.39. The van der Waals surface area contributed by atoms with Crippen LogP contribution in [0.5, 0.6) is 0 Å². The molecule has 6 rings (SSSR count). The van der Waals surface area contributed by atoms with Crippen molar-refractivity contribution in [3.05, 3.63) is 59.9 Å². The van der Waals surface area contributed by atoms with E-state index in [1.165, 1.54) is 11.3 Å². The first-order valence-corrected chi connectivity index (χ1v) is 15.7. The van der Waals surface area contributed by atoms with E-state index in [1.807, 2.05) is 54.4 Å². The maximum Gasteiger partial charge on any atom is 0.332 e. The fraction of sp³-hybridized carbons (Fsp3) is 0.419. The second-order valence-electron chi connectivity index (χ2n) is 11.1. The maximum absolute atomic E-state index is 14.2. The zero-order valence-corrected chi connectivity index (χ0v) is 25.3. The maximum atomic E-state index is 14.2. The number of urea groups is 1. The molecule has 0 bridgehead atoms. The van der Waals surface area contributed by atoms with Crippen LogP contribution < -0.4 is 11.1 Å².